The van der Waals surface area contributed by atoms with E-state index in [-0.39, 0.29) is 17.6 Å². The second kappa shape index (κ2) is 9.11. The summed E-state index contributed by atoms with van der Waals surface area (Å²) in [5.74, 6) is 0.526. The molecule has 0 saturated carbocycles. The minimum atomic E-state index is -0.413. The van der Waals surface area contributed by atoms with Crippen molar-refractivity contribution in [1.82, 2.24) is 0 Å². The predicted octanol–water partition coefficient (Wildman–Crippen LogP) is 1.99. The van der Waals surface area contributed by atoms with Crippen LogP contribution in [0.2, 0.25) is 5.02 Å². The zero-order valence-corrected chi connectivity index (χ0v) is 17.1. The summed E-state index contributed by atoms with van der Waals surface area (Å²) < 4.78 is 5.28. The Morgan fingerprint density at radius 3 is 2.62 bits per heavy atom. The number of nitro groups is 1. The van der Waals surface area contributed by atoms with Crippen molar-refractivity contribution in [3.63, 3.8) is 0 Å². The third-order valence-electron chi connectivity index (χ3n) is 5.25. The zero-order chi connectivity index (χ0) is 21.0. The van der Waals surface area contributed by atoms with Crippen LogP contribution in [0.5, 0.6) is 5.75 Å². The van der Waals surface area contributed by atoms with E-state index in [4.69, 9.17) is 16.3 Å². The highest BCUT2D eigenvalue weighted by atomic mass is 35.5. The van der Waals surface area contributed by atoms with Crippen molar-refractivity contribution in [2.45, 2.75) is 13.0 Å². The fourth-order valence-corrected chi connectivity index (χ4v) is 3.72. The van der Waals surface area contributed by atoms with Crippen LogP contribution in [0.3, 0.4) is 0 Å². The average molecular weight is 420 g/mol. The number of amides is 1. The van der Waals surface area contributed by atoms with Gasteiger partial charge in [0.25, 0.3) is 11.6 Å². The van der Waals surface area contributed by atoms with Gasteiger partial charge in [0.15, 0.2) is 6.04 Å². The molecule has 9 heteroatoms. The first kappa shape index (κ1) is 20.9. The minimum Gasteiger partial charge on any atom is -0.495 e. The molecule has 3 rings (SSSR count). The molecule has 2 aromatic rings. The number of nitrogens with one attached hydrogen (secondary N) is 2. The van der Waals surface area contributed by atoms with Gasteiger partial charge >= 0.3 is 0 Å². The second-order valence-corrected chi connectivity index (χ2v) is 7.38. The number of hydrogen-bond donors (Lipinski definition) is 2. The molecule has 0 aliphatic carbocycles. The Bertz CT molecular complexity index is 900. The second-order valence-electron chi connectivity index (χ2n) is 6.95. The average Bonchev–Trinajstić information content (AvgIpc) is 2.73. The van der Waals surface area contributed by atoms with Crippen LogP contribution in [0.15, 0.2) is 42.5 Å². The number of nitro benzene ring substituents is 1. The van der Waals surface area contributed by atoms with Crippen LogP contribution in [0, 0.1) is 10.1 Å². The molecular formula is C20H24ClN4O4+. The van der Waals surface area contributed by atoms with Gasteiger partial charge in [-0.05, 0) is 31.2 Å². The van der Waals surface area contributed by atoms with Crippen LogP contribution < -0.4 is 19.9 Å². The number of methoxy groups -OCH3 is 1. The lowest BCUT2D eigenvalue weighted by molar-refractivity contribution is -0.914. The van der Waals surface area contributed by atoms with E-state index in [1.165, 1.54) is 6.07 Å². The molecule has 154 valence electrons. The first-order valence-electron chi connectivity index (χ1n) is 9.38. The first-order valence-corrected chi connectivity index (χ1v) is 9.76. The van der Waals surface area contributed by atoms with Gasteiger partial charge in [-0.25, -0.2) is 0 Å². The Kier molecular flexibility index (Phi) is 6.56. The number of nitrogens with zero attached hydrogens (tertiary/aromatic N) is 2. The van der Waals surface area contributed by atoms with E-state index in [2.05, 4.69) is 5.32 Å². The summed E-state index contributed by atoms with van der Waals surface area (Å²) in [5.41, 5.74) is 1.20. The molecule has 1 amide bonds. The number of piperazine rings is 1. The van der Waals surface area contributed by atoms with Crippen molar-refractivity contribution >= 4 is 34.6 Å². The van der Waals surface area contributed by atoms with Crippen LogP contribution in [0.1, 0.15) is 6.92 Å². The Balaban J connectivity index is 1.63. The summed E-state index contributed by atoms with van der Waals surface area (Å²) >= 11 is 5.91. The van der Waals surface area contributed by atoms with Crippen LogP contribution in [-0.4, -0.2) is 50.2 Å². The molecule has 1 fully saturated rings. The Morgan fingerprint density at radius 2 is 1.97 bits per heavy atom. The van der Waals surface area contributed by atoms with Crippen molar-refractivity contribution in [3.05, 3.63) is 57.6 Å². The monoisotopic (exact) mass is 419 g/mol. The van der Waals surface area contributed by atoms with E-state index in [1.54, 1.807) is 31.4 Å². The van der Waals surface area contributed by atoms with Crippen molar-refractivity contribution in [2.24, 2.45) is 0 Å². The molecule has 1 aliphatic rings. The summed E-state index contributed by atoms with van der Waals surface area (Å²) in [5, 5.41) is 14.6. The van der Waals surface area contributed by atoms with Gasteiger partial charge in [-0.15, -0.1) is 0 Å². The summed E-state index contributed by atoms with van der Waals surface area (Å²) in [6, 6.07) is 11.7. The van der Waals surface area contributed by atoms with Gasteiger partial charge in [0.05, 0.1) is 43.9 Å². The van der Waals surface area contributed by atoms with E-state index in [0.717, 1.165) is 4.90 Å². The molecule has 29 heavy (non-hydrogen) atoms. The summed E-state index contributed by atoms with van der Waals surface area (Å²) in [6.07, 6.45) is 0. The van der Waals surface area contributed by atoms with Crippen molar-refractivity contribution in [2.75, 3.05) is 43.5 Å². The number of anilines is 2. The molecule has 0 radical (unpaired) electrons. The Hall–Kier alpha value is -2.84. The maximum atomic E-state index is 12.7. The number of carbonyl (C=O) groups is 1. The summed E-state index contributed by atoms with van der Waals surface area (Å²) in [7, 11) is 1.56. The van der Waals surface area contributed by atoms with E-state index in [0.29, 0.717) is 48.3 Å². The smallest absolute Gasteiger partial charge is 0.294 e. The van der Waals surface area contributed by atoms with Crippen molar-refractivity contribution in [3.8, 4) is 5.75 Å². The molecular weight excluding hydrogens is 396 g/mol. The third kappa shape index (κ3) is 4.78. The van der Waals surface area contributed by atoms with E-state index >= 15 is 0 Å². The highest BCUT2D eigenvalue weighted by Crippen LogP contribution is 2.31. The van der Waals surface area contributed by atoms with Gasteiger partial charge in [0.1, 0.15) is 11.4 Å². The fourth-order valence-electron chi connectivity index (χ4n) is 3.55. The molecule has 0 spiro atoms. The maximum Gasteiger partial charge on any atom is 0.294 e. The summed E-state index contributed by atoms with van der Waals surface area (Å²) in [6.45, 7) is 4.51. The van der Waals surface area contributed by atoms with Crippen LogP contribution in [0.25, 0.3) is 0 Å². The number of para-hydroxylation sites is 2. The number of rotatable bonds is 6. The number of hydrogen-bond acceptors (Lipinski definition) is 5. The lowest BCUT2D eigenvalue weighted by atomic mass is 10.1. The van der Waals surface area contributed by atoms with Gasteiger partial charge < -0.3 is 19.9 Å². The van der Waals surface area contributed by atoms with Gasteiger partial charge in [-0.3, -0.25) is 14.9 Å². The first-order chi connectivity index (χ1) is 13.9. The largest absolute Gasteiger partial charge is 0.495 e. The minimum absolute atomic E-state index is 0.00270. The van der Waals surface area contributed by atoms with Gasteiger partial charge in [0, 0.05) is 11.1 Å². The molecule has 0 bridgehead atoms. The molecule has 2 N–H and O–H groups in total. The van der Waals surface area contributed by atoms with Crippen molar-refractivity contribution in [1.29, 1.82) is 0 Å². The Morgan fingerprint density at radius 1 is 1.28 bits per heavy atom. The number of quaternary nitrogens is 1. The van der Waals surface area contributed by atoms with Crippen LogP contribution >= 0.6 is 11.6 Å². The predicted molar refractivity (Wildman–Crippen MR) is 112 cm³/mol. The molecule has 1 atom stereocenters. The fraction of sp³-hybridized carbons (Fsp3) is 0.350. The standard InChI is InChI=1S/C20H23ClN4O4/c1-14(20(26)22-16-5-3-4-6-19(16)29-2)23-9-11-24(12-10-23)17-8-7-15(21)13-18(17)25(27)28/h3-8,13-14H,9-12H2,1-2H3,(H,22,26)/p+1/t14-/m0/s1. The molecule has 8 nitrogen and oxygen atoms in total. The number of ether oxygens (including phenoxy) is 1. The van der Waals surface area contributed by atoms with Gasteiger partial charge in [-0.2, -0.15) is 0 Å². The lowest BCUT2D eigenvalue weighted by Gasteiger charge is -2.35. The normalized spacial score (nSPS) is 15.6. The van der Waals surface area contributed by atoms with E-state index in [9.17, 15) is 14.9 Å². The van der Waals surface area contributed by atoms with Crippen LogP contribution in [0.4, 0.5) is 17.1 Å². The number of carbonyl (C=O) groups excluding carboxylic acids is 1. The quantitative estimate of drug-likeness (QED) is 0.552. The molecule has 0 unspecified atom stereocenters. The van der Waals surface area contributed by atoms with Gasteiger partial charge in [-0.1, -0.05) is 23.7 Å². The third-order valence-corrected chi connectivity index (χ3v) is 5.49. The highest BCUT2D eigenvalue weighted by molar-refractivity contribution is 6.30. The molecule has 1 saturated heterocycles. The number of halogens is 1. The number of benzene rings is 2. The Labute approximate surface area is 174 Å². The molecule has 0 aromatic heterocycles. The van der Waals surface area contributed by atoms with Crippen molar-refractivity contribution < 1.29 is 19.4 Å². The highest BCUT2D eigenvalue weighted by Gasteiger charge is 2.31. The maximum absolute atomic E-state index is 12.7. The van der Waals surface area contributed by atoms with Crippen LogP contribution in [-0.2, 0) is 4.79 Å². The summed E-state index contributed by atoms with van der Waals surface area (Å²) in [4.78, 5) is 26.8. The van der Waals surface area contributed by atoms with E-state index in [1.807, 2.05) is 24.0 Å². The SMILES string of the molecule is COc1ccccc1NC(=O)[C@H](C)[NH+]1CCN(c2ccc(Cl)cc2[N+](=O)[O-])CC1. The molecule has 1 heterocycles. The topological polar surface area (TPSA) is 89.2 Å². The van der Waals surface area contributed by atoms with Gasteiger partial charge in [0.2, 0.25) is 0 Å². The lowest BCUT2D eigenvalue weighted by Crippen LogP contribution is -3.19. The zero-order valence-electron chi connectivity index (χ0n) is 16.4. The molecule has 2 aromatic carbocycles. The molecule has 1 aliphatic heterocycles. The van der Waals surface area contributed by atoms with E-state index < -0.39 is 4.92 Å².